The molecule has 1 amide bonds. The average Bonchev–Trinajstić information content (AvgIpc) is 3.21. The number of aromatic nitrogens is 2. The Morgan fingerprint density at radius 2 is 2.03 bits per heavy atom. The van der Waals surface area contributed by atoms with Crippen molar-refractivity contribution in [2.45, 2.75) is 27.7 Å². The number of aryl methyl sites for hydroxylation is 3. The molecule has 0 unspecified atom stereocenters. The zero-order valence-electron chi connectivity index (χ0n) is 17.0. The van der Waals surface area contributed by atoms with Gasteiger partial charge in [0, 0.05) is 16.8 Å². The van der Waals surface area contributed by atoms with Gasteiger partial charge >= 0.3 is 0 Å². The van der Waals surface area contributed by atoms with Crippen LogP contribution in [0.15, 0.2) is 35.2 Å². The molecule has 0 spiro atoms. The van der Waals surface area contributed by atoms with Gasteiger partial charge in [0.15, 0.2) is 5.13 Å². The number of nitrogens with zero attached hydrogens (tertiary/aromatic N) is 3. The third kappa shape index (κ3) is 4.23. The van der Waals surface area contributed by atoms with Gasteiger partial charge in [-0.15, -0.1) is 11.3 Å². The summed E-state index contributed by atoms with van der Waals surface area (Å²) < 4.78 is 7.59. The number of hydrogen-bond acceptors (Lipinski definition) is 5. The van der Waals surface area contributed by atoms with E-state index in [0.717, 1.165) is 39.6 Å². The second kappa shape index (κ2) is 8.33. The summed E-state index contributed by atoms with van der Waals surface area (Å²) in [5.74, 6) is 0.283. The zero-order valence-corrected chi connectivity index (χ0v) is 17.8. The molecule has 0 fully saturated rings. The second-order valence-corrected chi connectivity index (χ2v) is 7.61. The number of carbonyl (C=O) groups excluding carboxylic acids is 1. The van der Waals surface area contributed by atoms with Crippen molar-refractivity contribution < 1.29 is 9.53 Å². The van der Waals surface area contributed by atoms with Gasteiger partial charge in [0.25, 0.3) is 5.91 Å². The molecule has 3 aromatic rings. The maximum absolute atomic E-state index is 12.5. The molecule has 0 saturated carbocycles. The van der Waals surface area contributed by atoms with Gasteiger partial charge in [-0.3, -0.25) is 10.1 Å². The number of thiazole rings is 1. The lowest BCUT2D eigenvalue weighted by Gasteiger charge is -2.14. The van der Waals surface area contributed by atoms with Gasteiger partial charge in [-0.25, -0.2) is 4.98 Å². The Morgan fingerprint density at radius 3 is 2.66 bits per heavy atom. The largest absolute Gasteiger partial charge is 0.495 e. The van der Waals surface area contributed by atoms with Crippen molar-refractivity contribution in [3.8, 4) is 17.5 Å². The van der Waals surface area contributed by atoms with E-state index in [9.17, 15) is 10.1 Å². The standard InChI is InChI=1S/C22H22N4O2S/c1-13-6-7-20(28-5)19(8-13)26-15(3)9-17(16(26)4)10-18(11-23)21(27)25-22-24-14(2)12-29-22/h6-10,12H,1-5H3,(H,24,25,27)/b18-10-. The summed E-state index contributed by atoms with van der Waals surface area (Å²) in [7, 11) is 1.64. The summed E-state index contributed by atoms with van der Waals surface area (Å²) in [5.41, 5.74) is 5.57. The van der Waals surface area contributed by atoms with Gasteiger partial charge < -0.3 is 9.30 Å². The van der Waals surface area contributed by atoms with Crippen LogP contribution in [0.5, 0.6) is 5.75 Å². The number of nitriles is 1. The first-order valence-corrected chi connectivity index (χ1v) is 9.91. The van der Waals surface area contributed by atoms with E-state index in [0.29, 0.717) is 5.13 Å². The zero-order chi connectivity index (χ0) is 21.1. The first-order valence-electron chi connectivity index (χ1n) is 9.03. The highest BCUT2D eigenvalue weighted by Gasteiger charge is 2.16. The minimum atomic E-state index is -0.472. The number of ether oxygens (including phenoxy) is 1. The lowest BCUT2D eigenvalue weighted by Crippen LogP contribution is -2.13. The number of benzene rings is 1. The molecule has 0 aliphatic heterocycles. The minimum Gasteiger partial charge on any atom is -0.495 e. The maximum atomic E-state index is 12.5. The topological polar surface area (TPSA) is 79.9 Å². The van der Waals surface area contributed by atoms with Crippen LogP contribution in [-0.2, 0) is 4.79 Å². The lowest BCUT2D eigenvalue weighted by molar-refractivity contribution is -0.112. The number of carbonyl (C=O) groups is 1. The fourth-order valence-electron chi connectivity index (χ4n) is 3.16. The van der Waals surface area contributed by atoms with Crippen molar-refractivity contribution >= 4 is 28.5 Å². The molecule has 6 nitrogen and oxygen atoms in total. The molecule has 1 aromatic carbocycles. The van der Waals surface area contributed by atoms with Crippen molar-refractivity contribution in [3.63, 3.8) is 0 Å². The molecule has 3 rings (SSSR count). The molecule has 148 valence electrons. The van der Waals surface area contributed by atoms with E-state index in [1.807, 2.05) is 57.3 Å². The first kappa shape index (κ1) is 20.4. The van der Waals surface area contributed by atoms with Crippen molar-refractivity contribution in [2.24, 2.45) is 0 Å². The summed E-state index contributed by atoms with van der Waals surface area (Å²) in [4.78, 5) is 16.7. The van der Waals surface area contributed by atoms with Gasteiger partial charge in [-0.1, -0.05) is 6.07 Å². The van der Waals surface area contributed by atoms with Crippen molar-refractivity contribution in [1.82, 2.24) is 9.55 Å². The van der Waals surface area contributed by atoms with Crippen molar-refractivity contribution in [3.05, 3.63) is 63.4 Å². The molecule has 0 bridgehead atoms. The Labute approximate surface area is 174 Å². The molecule has 1 N–H and O–H groups in total. The molecule has 0 aliphatic rings. The quantitative estimate of drug-likeness (QED) is 0.491. The second-order valence-electron chi connectivity index (χ2n) is 6.76. The molecule has 29 heavy (non-hydrogen) atoms. The van der Waals surface area contributed by atoms with Crippen molar-refractivity contribution in [1.29, 1.82) is 5.26 Å². The van der Waals surface area contributed by atoms with Crippen LogP contribution in [0.1, 0.15) is 28.2 Å². The molecule has 0 radical (unpaired) electrons. The average molecular weight is 407 g/mol. The Balaban J connectivity index is 2.00. The van der Waals surface area contributed by atoms with Crippen LogP contribution < -0.4 is 10.1 Å². The third-order valence-electron chi connectivity index (χ3n) is 4.55. The number of anilines is 1. The SMILES string of the molecule is COc1ccc(C)cc1-n1c(C)cc(/C=C(/C#N)C(=O)Nc2nc(C)cs2)c1C. The van der Waals surface area contributed by atoms with E-state index in [1.165, 1.54) is 11.3 Å². The monoisotopic (exact) mass is 406 g/mol. The minimum absolute atomic E-state index is 0.0225. The Hall–Kier alpha value is -3.37. The normalized spacial score (nSPS) is 11.2. The predicted octanol–water partition coefficient (Wildman–Crippen LogP) is 4.72. The van der Waals surface area contributed by atoms with E-state index in [4.69, 9.17) is 4.74 Å². The van der Waals surface area contributed by atoms with Crippen molar-refractivity contribution in [2.75, 3.05) is 12.4 Å². The summed E-state index contributed by atoms with van der Waals surface area (Å²) in [6, 6.07) is 9.93. The summed E-state index contributed by atoms with van der Waals surface area (Å²) in [6.07, 6.45) is 1.61. The van der Waals surface area contributed by atoms with Gasteiger partial charge in [0.1, 0.15) is 17.4 Å². The Kier molecular flexibility index (Phi) is 5.85. The molecule has 0 aliphatic carbocycles. The molecule has 7 heteroatoms. The fourth-order valence-corrected chi connectivity index (χ4v) is 3.84. The Bertz CT molecular complexity index is 1150. The fraction of sp³-hybridized carbons (Fsp3) is 0.227. The molecule has 0 saturated heterocycles. The number of methoxy groups -OCH3 is 1. The van der Waals surface area contributed by atoms with E-state index in [1.54, 1.807) is 13.2 Å². The van der Waals surface area contributed by atoms with E-state index >= 15 is 0 Å². The van der Waals surface area contributed by atoms with Gasteiger partial charge in [0.05, 0.1) is 18.5 Å². The summed E-state index contributed by atoms with van der Waals surface area (Å²) in [6.45, 7) is 7.81. The number of amides is 1. The van der Waals surface area contributed by atoms with Gasteiger partial charge in [-0.05, 0) is 63.1 Å². The molecule has 0 atom stereocenters. The highest BCUT2D eigenvalue weighted by atomic mass is 32.1. The number of rotatable bonds is 5. The summed E-state index contributed by atoms with van der Waals surface area (Å²) >= 11 is 1.33. The van der Waals surface area contributed by atoms with Crippen LogP contribution in [0.25, 0.3) is 11.8 Å². The Morgan fingerprint density at radius 1 is 1.28 bits per heavy atom. The van der Waals surface area contributed by atoms with Crippen LogP contribution in [-0.4, -0.2) is 22.6 Å². The first-order chi connectivity index (χ1) is 13.8. The lowest BCUT2D eigenvalue weighted by atomic mass is 10.1. The van der Waals surface area contributed by atoms with Crippen LogP contribution in [0.2, 0.25) is 0 Å². The molecular formula is C22H22N4O2S. The van der Waals surface area contributed by atoms with Crippen LogP contribution in [0.3, 0.4) is 0 Å². The highest BCUT2D eigenvalue weighted by molar-refractivity contribution is 7.13. The highest BCUT2D eigenvalue weighted by Crippen LogP contribution is 2.30. The van der Waals surface area contributed by atoms with E-state index in [2.05, 4.69) is 20.9 Å². The smallest absolute Gasteiger partial charge is 0.268 e. The summed E-state index contributed by atoms with van der Waals surface area (Å²) in [5, 5.41) is 14.5. The van der Waals surface area contributed by atoms with Crippen LogP contribution in [0, 0.1) is 39.0 Å². The third-order valence-corrected chi connectivity index (χ3v) is 5.43. The molecule has 2 aromatic heterocycles. The van der Waals surface area contributed by atoms with E-state index in [-0.39, 0.29) is 5.57 Å². The van der Waals surface area contributed by atoms with Gasteiger partial charge in [0.2, 0.25) is 0 Å². The number of hydrogen-bond donors (Lipinski definition) is 1. The van der Waals surface area contributed by atoms with Gasteiger partial charge in [-0.2, -0.15) is 5.26 Å². The number of nitrogens with one attached hydrogen (secondary N) is 1. The molecular weight excluding hydrogens is 384 g/mol. The van der Waals surface area contributed by atoms with Crippen LogP contribution in [0.4, 0.5) is 5.13 Å². The maximum Gasteiger partial charge on any atom is 0.268 e. The predicted molar refractivity (Wildman–Crippen MR) is 116 cm³/mol. The molecule has 2 heterocycles. The van der Waals surface area contributed by atoms with Crippen LogP contribution >= 0.6 is 11.3 Å². The van der Waals surface area contributed by atoms with E-state index < -0.39 is 5.91 Å².